The van der Waals surface area contributed by atoms with Crippen molar-refractivity contribution >= 4 is 40.6 Å². The molecule has 1 rings (SSSR count). The minimum Gasteiger partial charge on any atom is -0.496 e. The van der Waals surface area contributed by atoms with Crippen molar-refractivity contribution in [3.63, 3.8) is 0 Å². The van der Waals surface area contributed by atoms with Gasteiger partial charge in [0.05, 0.1) is 17.8 Å². The average molecular weight is 289 g/mol. The number of nitrogens with one attached hydrogen (secondary N) is 2. The van der Waals surface area contributed by atoms with Crippen LogP contribution in [0.25, 0.3) is 0 Å². The number of methoxy groups -OCH3 is 1. The third kappa shape index (κ3) is 3.48. The number of hydrogen-bond donors (Lipinski definition) is 3. The van der Waals surface area contributed by atoms with Crippen LogP contribution < -0.4 is 15.4 Å². The van der Waals surface area contributed by atoms with Crippen LogP contribution in [0.3, 0.4) is 0 Å². The van der Waals surface area contributed by atoms with E-state index in [1.165, 1.54) is 19.2 Å². The quantitative estimate of drug-likeness (QED) is 0.739. The van der Waals surface area contributed by atoms with Gasteiger partial charge in [0.2, 0.25) is 0 Å². The molecule has 0 spiro atoms. The number of rotatable bonds is 4. The molecule has 0 saturated heterocycles. The minimum absolute atomic E-state index is 0.00224. The van der Waals surface area contributed by atoms with Crippen molar-refractivity contribution in [3.05, 3.63) is 22.7 Å². The summed E-state index contributed by atoms with van der Waals surface area (Å²) in [7, 11) is 1.39. The molecular weight excluding hydrogens is 276 g/mol. The minimum atomic E-state index is -1.10. The summed E-state index contributed by atoms with van der Waals surface area (Å²) < 4.78 is 5.00. The van der Waals surface area contributed by atoms with Gasteiger partial charge in [-0.15, -0.1) is 0 Å². The van der Waals surface area contributed by atoms with E-state index in [1.807, 2.05) is 6.92 Å². The van der Waals surface area contributed by atoms with Gasteiger partial charge in [-0.1, -0.05) is 11.6 Å². The Hall–Kier alpha value is -1.53. The number of thiocarbonyl (C=S) groups is 1. The molecule has 18 heavy (non-hydrogen) atoms. The molecule has 0 aliphatic heterocycles. The van der Waals surface area contributed by atoms with E-state index in [4.69, 9.17) is 33.7 Å². The van der Waals surface area contributed by atoms with Crippen molar-refractivity contribution in [1.82, 2.24) is 5.32 Å². The summed E-state index contributed by atoms with van der Waals surface area (Å²) in [5.74, 6) is -0.886. The first kappa shape index (κ1) is 14.5. The van der Waals surface area contributed by atoms with Crippen molar-refractivity contribution in [3.8, 4) is 5.75 Å². The lowest BCUT2D eigenvalue weighted by Crippen LogP contribution is -2.28. The number of carboxylic acids is 1. The molecule has 0 heterocycles. The number of ether oxygens (including phenoxy) is 1. The van der Waals surface area contributed by atoms with Gasteiger partial charge in [0.1, 0.15) is 11.3 Å². The number of carboxylic acid groups (broad SMARTS) is 1. The highest BCUT2D eigenvalue weighted by Crippen LogP contribution is 2.30. The second kappa shape index (κ2) is 6.42. The van der Waals surface area contributed by atoms with E-state index in [0.717, 1.165) is 0 Å². The Balaban J connectivity index is 3.07. The molecule has 0 aliphatic carbocycles. The lowest BCUT2D eigenvalue weighted by Gasteiger charge is -2.13. The van der Waals surface area contributed by atoms with Gasteiger partial charge in [0, 0.05) is 12.6 Å². The van der Waals surface area contributed by atoms with Gasteiger partial charge in [0.15, 0.2) is 5.11 Å². The molecular formula is C11H13ClN2O3S. The molecule has 0 saturated carbocycles. The molecule has 0 amide bonds. The van der Waals surface area contributed by atoms with Gasteiger partial charge in [-0.05, 0) is 25.2 Å². The molecule has 1 aromatic carbocycles. The van der Waals surface area contributed by atoms with Crippen molar-refractivity contribution in [2.75, 3.05) is 19.0 Å². The molecule has 0 fully saturated rings. The van der Waals surface area contributed by atoms with Gasteiger partial charge in [-0.2, -0.15) is 0 Å². The topological polar surface area (TPSA) is 70.6 Å². The predicted octanol–water partition coefficient (Wildman–Crippen LogP) is 2.35. The average Bonchev–Trinajstić information content (AvgIpc) is 2.31. The highest BCUT2D eigenvalue weighted by Gasteiger charge is 2.15. The Bertz CT molecular complexity index is 480. The van der Waals surface area contributed by atoms with E-state index in [-0.39, 0.29) is 16.3 Å². The summed E-state index contributed by atoms with van der Waals surface area (Å²) in [5, 5.41) is 15.4. The van der Waals surface area contributed by atoms with Crippen molar-refractivity contribution in [2.45, 2.75) is 6.92 Å². The van der Waals surface area contributed by atoms with Crippen LogP contribution in [0.5, 0.6) is 5.75 Å². The van der Waals surface area contributed by atoms with Gasteiger partial charge in [-0.3, -0.25) is 0 Å². The zero-order valence-electron chi connectivity index (χ0n) is 9.91. The van der Waals surface area contributed by atoms with Crippen LogP contribution in [0.1, 0.15) is 17.3 Å². The number of benzene rings is 1. The second-order valence-corrected chi connectivity index (χ2v) is 4.14. The highest BCUT2D eigenvalue weighted by atomic mass is 35.5. The number of anilines is 1. The summed E-state index contributed by atoms with van der Waals surface area (Å²) in [6.45, 7) is 2.58. The zero-order chi connectivity index (χ0) is 13.7. The molecule has 0 aromatic heterocycles. The summed E-state index contributed by atoms with van der Waals surface area (Å²) in [6.07, 6.45) is 0. The maximum atomic E-state index is 11.0. The van der Waals surface area contributed by atoms with E-state index < -0.39 is 5.97 Å². The summed E-state index contributed by atoms with van der Waals surface area (Å²) in [5.41, 5.74) is 0.492. The lowest BCUT2D eigenvalue weighted by atomic mass is 10.2. The Labute approximate surface area is 115 Å². The van der Waals surface area contributed by atoms with E-state index in [9.17, 15) is 4.79 Å². The first-order valence-corrected chi connectivity index (χ1v) is 5.93. The third-order valence-corrected chi connectivity index (χ3v) is 2.66. The number of halogens is 1. The van der Waals surface area contributed by atoms with E-state index in [2.05, 4.69) is 10.6 Å². The van der Waals surface area contributed by atoms with Crippen molar-refractivity contribution in [1.29, 1.82) is 0 Å². The van der Waals surface area contributed by atoms with Gasteiger partial charge < -0.3 is 20.5 Å². The fourth-order valence-electron chi connectivity index (χ4n) is 1.31. The van der Waals surface area contributed by atoms with Crippen LogP contribution in [0, 0.1) is 0 Å². The van der Waals surface area contributed by atoms with Gasteiger partial charge in [0.25, 0.3) is 0 Å². The zero-order valence-corrected chi connectivity index (χ0v) is 11.5. The maximum absolute atomic E-state index is 11.0. The van der Waals surface area contributed by atoms with E-state index >= 15 is 0 Å². The van der Waals surface area contributed by atoms with Crippen molar-refractivity contribution < 1.29 is 14.6 Å². The molecule has 0 atom stereocenters. The van der Waals surface area contributed by atoms with Crippen LogP contribution >= 0.6 is 23.8 Å². The smallest absolute Gasteiger partial charge is 0.339 e. The number of hydrogen-bond acceptors (Lipinski definition) is 3. The molecule has 1 aromatic rings. The lowest BCUT2D eigenvalue weighted by molar-refractivity contribution is 0.0693. The molecule has 0 bridgehead atoms. The molecule has 3 N–H and O–H groups in total. The fraction of sp³-hybridized carbons (Fsp3) is 0.273. The SMILES string of the molecule is CCNC(=S)Nc1cc(OC)c(C(=O)O)cc1Cl. The Morgan fingerprint density at radius 3 is 2.72 bits per heavy atom. The third-order valence-electron chi connectivity index (χ3n) is 2.11. The first-order valence-electron chi connectivity index (χ1n) is 5.15. The fourth-order valence-corrected chi connectivity index (χ4v) is 1.78. The second-order valence-electron chi connectivity index (χ2n) is 3.32. The Morgan fingerprint density at radius 1 is 1.56 bits per heavy atom. The standard InChI is InChI=1S/C11H13ClN2O3S/c1-3-13-11(18)14-8-5-9(17-2)6(10(15)16)4-7(8)12/h4-5H,3H2,1-2H3,(H,15,16)(H2,13,14,18). The maximum Gasteiger partial charge on any atom is 0.339 e. The van der Waals surface area contributed by atoms with Crippen LogP contribution in [0.2, 0.25) is 5.02 Å². The van der Waals surface area contributed by atoms with Crippen LogP contribution in [0.15, 0.2) is 12.1 Å². The predicted molar refractivity (Wildman–Crippen MR) is 74.9 cm³/mol. The normalized spacial score (nSPS) is 9.72. The van der Waals surface area contributed by atoms with Crippen LogP contribution in [0.4, 0.5) is 5.69 Å². The van der Waals surface area contributed by atoms with Crippen molar-refractivity contribution in [2.24, 2.45) is 0 Å². The Morgan fingerprint density at radius 2 is 2.22 bits per heavy atom. The molecule has 7 heteroatoms. The van der Waals surface area contributed by atoms with Gasteiger partial charge >= 0.3 is 5.97 Å². The molecule has 0 aliphatic rings. The molecule has 0 unspecified atom stereocenters. The number of carbonyl (C=O) groups is 1. The van der Waals surface area contributed by atoms with Gasteiger partial charge in [-0.25, -0.2) is 4.79 Å². The summed E-state index contributed by atoms with van der Waals surface area (Å²) >= 11 is 11.0. The number of aromatic carboxylic acids is 1. The summed E-state index contributed by atoms with van der Waals surface area (Å²) in [6, 6.07) is 2.81. The highest BCUT2D eigenvalue weighted by molar-refractivity contribution is 7.80. The molecule has 0 radical (unpaired) electrons. The van der Waals surface area contributed by atoms with E-state index in [1.54, 1.807) is 0 Å². The molecule has 5 nitrogen and oxygen atoms in total. The molecule has 98 valence electrons. The van der Waals surface area contributed by atoms with Crippen LogP contribution in [-0.4, -0.2) is 29.8 Å². The Kier molecular flexibility index (Phi) is 5.18. The van der Waals surface area contributed by atoms with Crippen LogP contribution in [-0.2, 0) is 0 Å². The first-order chi connectivity index (χ1) is 8.49. The monoisotopic (exact) mass is 288 g/mol. The van der Waals surface area contributed by atoms with E-state index in [0.29, 0.717) is 17.3 Å². The largest absolute Gasteiger partial charge is 0.496 e. The summed E-state index contributed by atoms with van der Waals surface area (Å²) in [4.78, 5) is 11.0.